The van der Waals surface area contributed by atoms with Crippen molar-refractivity contribution in [1.82, 2.24) is 15.2 Å². The zero-order chi connectivity index (χ0) is 23.4. The van der Waals surface area contributed by atoms with Gasteiger partial charge in [-0.3, -0.25) is 9.69 Å². The maximum atomic E-state index is 12.9. The molecule has 2 N–H and O–H groups in total. The van der Waals surface area contributed by atoms with E-state index < -0.39 is 0 Å². The maximum absolute atomic E-state index is 12.9. The molecule has 7 heteroatoms. The summed E-state index contributed by atoms with van der Waals surface area (Å²) in [7, 11) is 0. The lowest BCUT2D eigenvalue weighted by Gasteiger charge is -2.26. The Kier molecular flexibility index (Phi) is 5.86. The number of ether oxygens (including phenoxy) is 2. The summed E-state index contributed by atoms with van der Waals surface area (Å²) in [6.45, 7) is 4.14. The normalized spacial score (nSPS) is 16.6. The number of amides is 1. The summed E-state index contributed by atoms with van der Waals surface area (Å²) in [5.41, 5.74) is 8.18. The van der Waals surface area contributed by atoms with Crippen molar-refractivity contribution in [3.8, 4) is 33.9 Å². The Hall–Kier alpha value is -3.48. The van der Waals surface area contributed by atoms with E-state index in [1.54, 1.807) is 0 Å². The van der Waals surface area contributed by atoms with Crippen LogP contribution in [0.2, 0.25) is 0 Å². The molecule has 3 aliphatic rings. The van der Waals surface area contributed by atoms with E-state index in [2.05, 4.69) is 51.6 Å². The highest BCUT2D eigenvalue weighted by Crippen LogP contribution is 2.40. The lowest BCUT2D eigenvalue weighted by molar-refractivity contribution is 0.0966. The van der Waals surface area contributed by atoms with E-state index in [1.807, 2.05) is 18.2 Å². The Labute approximate surface area is 216 Å². The van der Waals surface area contributed by atoms with Crippen LogP contribution in [-0.4, -0.2) is 35.7 Å². The Balaban J connectivity index is 0.00000240. The molecule has 4 aromatic rings. The summed E-state index contributed by atoms with van der Waals surface area (Å²) in [5.74, 6) is 1.48. The third-order valence-corrected chi connectivity index (χ3v) is 7.48. The predicted molar refractivity (Wildman–Crippen MR) is 143 cm³/mol. The molecular weight excluding hydrogens is 474 g/mol. The molecule has 1 amide bonds. The van der Waals surface area contributed by atoms with Crippen LogP contribution in [0, 0.1) is 0 Å². The van der Waals surface area contributed by atoms with Crippen LogP contribution in [0.3, 0.4) is 0 Å². The molecule has 6 nitrogen and oxygen atoms in total. The summed E-state index contributed by atoms with van der Waals surface area (Å²) in [6.07, 6.45) is 3.94. The molecule has 0 spiro atoms. The van der Waals surface area contributed by atoms with Crippen molar-refractivity contribution < 1.29 is 14.3 Å². The topological polar surface area (TPSA) is 66.6 Å². The van der Waals surface area contributed by atoms with Gasteiger partial charge in [0.2, 0.25) is 6.79 Å². The number of nitrogens with one attached hydrogen (secondary N) is 2. The maximum Gasteiger partial charge on any atom is 0.252 e. The van der Waals surface area contributed by atoms with Crippen LogP contribution >= 0.6 is 12.4 Å². The lowest BCUT2D eigenvalue weighted by Crippen LogP contribution is -2.28. The van der Waals surface area contributed by atoms with Gasteiger partial charge in [0, 0.05) is 35.2 Å². The van der Waals surface area contributed by atoms with Gasteiger partial charge in [0.05, 0.1) is 5.56 Å². The minimum absolute atomic E-state index is 0. The van der Waals surface area contributed by atoms with Gasteiger partial charge in [-0.1, -0.05) is 30.7 Å². The Bertz CT molecular complexity index is 1470. The average Bonchev–Trinajstić information content (AvgIpc) is 3.62. The molecule has 3 aromatic carbocycles. The number of hydrogen-bond acceptors (Lipinski definition) is 4. The van der Waals surface area contributed by atoms with E-state index >= 15 is 0 Å². The molecule has 3 aliphatic heterocycles. The van der Waals surface area contributed by atoms with Gasteiger partial charge < -0.3 is 19.8 Å². The Morgan fingerprint density at radius 2 is 1.69 bits per heavy atom. The van der Waals surface area contributed by atoms with Crippen molar-refractivity contribution >= 4 is 29.2 Å². The van der Waals surface area contributed by atoms with Crippen LogP contribution < -0.4 is 14.8 Å². The van der Waals surface area contributed by atoms with Gasteiger partial charge in [-0.05, 0) is 78.5 Å². The standard InChI is InChI=1S/C29H27N3O3.ClH/c33-29-28-22(7-6-21(23(28)15-30-29)19-5-9-26-27(14-19)35-17-34-26)25-13-20-12-18(4-8-24(20)31-25)16-32-10-2-1-3-11-32;/h4-9,12-14,31H,1-3,10-11,15-17H2,(H,30,33);1H. The molecule has 0 unspecified atom stereocenters. The number of carbonyl (C=O) groups is 1. The molecular formula is C29H28ClN3O3. The van der Waals surface area contributed by atoms with Gasteiger partial charge in [-0.2, -0.15) is 0 Å². The fraction of sp³-hybridized carbons (Fsp3) is 0.276. The van der Waals surface area contributed by atoms with Crippen LogP contribution in [0.4, 0.5) is 0 Å². The summed E-state index contributed by atoms with van der Waals surface area (Å²) < 4.78 is 11.0. The molecule has 4 heterocycles. The largest absolute Gasteiger partial charge is 0.454 e. The average molecular weight is 502 g/mol. The molecule has 0 saturated carbocycles. The van der Waals surface area contributed by atoms with Crippen molar-refractivity contribution in [2.24, 2.45) is 0 Å². The lowest BCUT2D eigenvalue weighted by atomic mass is 9.92. The van der Waals surface area contributed by atoms with Gasteiger partial charge in [0.15, 0.2) is 11.5 Å². The molecule has 7 rings (SSSR count). The smallest absolute Gasteiger partial charge is 0.252 e. The summed E-state index contributed by atoms with van der Waals surface area (Å²) in [6, 6.07) is 19.0. The minimum atomic E-state index is -0.0259. The fourth-order valence-electron chi connectivity index (χ4n) is 5.71. The van der Waals surface area contributed by atoms with E-state index in [0.717, 1.165) is 57.1 Å². The second-order valence-electron chi connectivity index (χ2n) is 9.71. The molecule has 0 aliphatic carbocycles. The number of benzene rings is 3. The number of aromatic nitrogens is 1. The number of aromatic amines is 1. The van der Waals surface area contributed by atoms with Crippen molar-refractivity contribution in [3.05, 3.63) is 71.3 Å². The first-order valence-corrected chi connectivity index (χ1v) is 12.4. The van der Waals surface area contributed by atoms with E-state index in [0.29, 0.717) is 6.54 Å². The number of likely N-dealkylation sites (tertiary alicyclic amines) is 1. The number of rotatable bonds is 4. The molecule has 1 fully saturated rings. The third kappa shape index (κ3) is 3.91. The van der Waals surface area contributed by atoms with E-state index in [4.69, 9.17) is 9.47 Å². The van der Waals surface area contributed by atoms with Crippen LogP contribution in [-0.2, 0) is 13.1 Å². The first-order valence-electron chi connectivity index (χ1n) is 12.4. The second kappa shape index (κ2) is 9.19. The highest BCUT2D eigenvalue weighted by molar-refractivity contribution is 6.07. The fourth-order valence-corrected chi connectivity index (χ4v) is 5.71. The zero-order valence-electron chi connectivity index (χ0n) is 19.9. The van der Waals surface area contributed by atoms with Gasteiger partial charge >= 0.3 is 0 Å². The number of nitrogens with zero attached hydrogens (tertiary/aromatic N) is 1. The van der Waals surface area contributed by atoms with E-state index in [9.17, 15) is 4.79 Å². The van der Waals surface area contributed by atoms with Crippen molar-refractivity contribution in [3.63, 3.8) is 0 Å². The monoisotopic (exact) mass is 501 g/mol. The van der Waals surface area contributed by atoms with Gasteiger partial charge in [-0.15, -0.1) is 12.4 Å². The molecule has 1 aromatic heterocycles. The first-order chi connectivity index (χ1) is 17.2. The molecule has 184 valence electrons. The number of H-pyrrole nitrogens is 1. The SMILES string of the molecule is Cl.O=C1NCc2c(-c3ccc4c(c3)OCO4)ccc(-c3cc4cc(CN5CCCCC5)ccc4[nH]3)c21. The second-order valence-corrected chi connectivity index (χ2v) is 9.71. The number of halogens is 1. The molecule has 1 saturated heterocycles. The van der Waals surface area contributed by atoms with Crippen LogP contribution in [0.25, 0.3) is 33.3 Å². The molecule has 0 radical (unpaired) electrons. The van der Waals surface area contributed by atoms with E-state index in [-0.39, 0.29) is 25.1 Å². The van der Waals surface area contributed by atoms with Crippen LogP contribution in [0.5, 0.6) is 11.5 Å². The third-order valence-electron chi connectivity index (χ3n) is 7.48. The number of piperidine rings is 1. The van der Waals surface area contributed by atoms with Gasteiger partial charge in [-0.25, -0.2) is 0 Å². The predicted octanol–water partition coefficient (Wildman–Crippen LogP) is 5.88. The summed E-state index contributed by atoms with van der Waals surface area (Å²) in [4.78, 5) is 19.0. The summed E-state index contributed by atoms with van der Waals surface area (Å²) >= 11 is 0. The number of carbonyl (C=O) groups excluding carboxylic acids is 1. The first kappa shape index (κ1) is 23.0. The molecule has 36 heavy (non-hydrogen) atoms. The van der Waals surface area contributed by atoms with Gasteiger partial charge in [0.25, 0.3) is 5.91 Å². The van der Waals surface area contributed by atoms with Crippen molar-refractivity contribution in [2.75, 3.05) is 19.9 Å². The number of fused-ring (bicyclic) bond motifs is 3. The highest BCUT2D eigenvalue weighted by atomic mass is 35.5. The number of hydrogen-bond donors (Lipinski definition) is 2. The van der Waals surface area contributed by atoms with Crippen molar-refractivity contribution in [1.29, 1.82) is 0 Å². The van der Waals surface area contributed by atoms with Crippen LogP contribution in [0.15, 0.2) is 54.6 Å². The van der Waals surface area contributed by atoms with Crippen LogP contribution in [0.1, 0.15) is 40.7 Å². The zero-order valence-corrected chi connectivity index (χ0v) is 20.7. The minimum Gasteiger partial charge on any atom is -0.454 e. The highest BCUT2D eigenvalue weighted by Gasteiger charge is 2.28. The quantitative estimate of drug-likeness (QED) is 0.366. The van der Waals surface area contributed by atoms with Crippen molar-refractivity contribution in [2.45, 2.75) is 32.4 Å². The Morgan fingerprint density at radius 1 is 0.861 bits per heavy atom. The van der Waals surface area contributed by atoms with E-state index in [1.165, 1.54) is 43.3 Å². The molecule has 0 bridgehead atoms. The van der Waals surface area contributed by atoms with Gasteiger partial charge in [0.1, 0.15) is 0 Å². The molecule has 0 atom stereocenters. The Morgan fingerprint density at radius 3 is 2.58 bits per heavy atom. The summed E-state index contributed by atoms with van der Waals surface area (Å²) in [5, 5.41) is 4.21.